The standard InChI is InChI=1S/C23H20FN3O/c1-16-11-12-19(18(24)15-16)26-23(28)14-13-22-25-20-9-5-6-10-21(20)27(22)17-7-3-2-4-8-17/h2-12,15H,13-14H2,1H3,(H,26,28). The Hall–Kier alpha value is -3.47. The number of aryl methyl sites for hydroxylation is 2. The van der Waals surface area contributed by atoms with Crippen molar-refractivity contribution in [2.45, 2.75) is 19.8 Å². The molecule has 0 saturated carbocycles. The number of nitrogens with one attached hydrogen (secondary N) is 1. The van der Waals surface area contributed by atoms with Gasteiger partial charge in [-0.3, -0.25) is 9.36 Å². The van der Waals surface area contributed by atoms with E-state index in [0.717, 1.165) is 28.1 Å². The maximum Gasteiger partial charge on any atom is 0.224 e. The van der Waals surface area contributed by atoms with E-state index < -0.39 is 5.82 Å². The van der Waals surface area contributed by atoms with Crippen molar-refractivity contribution in [1.29, 1.82) is 0 Å². The van der Waals surface area contributed by atoms with Crippen LogP contribution >= 0.6 is 0 Å². The molecule has 0 aliphatic rings. The number of aromatic nitrogens is 2. The smallest absolute Gasteiger partial charge is 0.224 e. The van der Waals surface area contributed by atoms with Crippen molar-refractivity contribution < 1.29 is 9.18 Å². The van der Waals surface area contributed by atoms with E-state index in [1.165, 1.54) is 6.07 Å². The van der Waals surface area contributed by atoms with Crippen LogP contribution in [0, 0.1) is 12.7 Å². The third-order valence-corrected chi connectivity index (χ3v) is 4.62. The van der Waals surface area contributed by atoms with Gasteiger partial charge in [0.25, 0.3) is 0 Å². The lowest BCUT2D eigenvalue weighted by atomic mass is 10.2. The first-order valence-corrected chi connectivity index (χ1v) is 9.19. The number of nitrogens with zero attached hydrogens (tertiary/aromatic N) is 2. The molecule has 140 valence electrons. The lowest BCUT2D eigenvalue weighted by molar-refractivity contribution is -0.116. The van der Waals surface area contributed by atoms with Gasteiger partial charge in [0.1, 0.15) is 11.6 Å². The minimum absolute atomic E-state index is 0.201. The maximum atomic E-state index is 14.0. The summed E-state index contributed by atoms with van der Waals surface area (Å²) in [5.41, 5.74) is 3.88. The van der Waals surface area contributed by atoms with Gasteiger partial charge in [-0.1, -0.05) is 36.4 Å². The minimum atomic E-state index is -0.426. The largest absolute Gasteiger partial charge is 0.324 e. The number of anilines is 1. The number of halogens is 1. The molecule has 4 nitrogen and oxygen atoms in total. The number of rotatable bonds is 5. The molecular formula is C23H20FN3O. The number of benzene rings is 3. The first-order chi connectivity index (χ1) is 13.6. The molecule has 1 heterocycles. The predicted octanol–water partition coefficient (Wildman–Crippen LogP) is 5.04. The third-order valence-electron chi connectivity index (χ3n) is 4.62. The Morgan fingerprint density at radius 2 is 1.79 bits per heavy atom. The van der Waals surface area contributed by atoms with Crippen molar-refractivity contribution in [1.82, 2.24) is 9.55 Å². The van der Waals surface area contributed by atoms with E-state index in [2.05, 4.69) is 9.88 Å². The predicted molar refractivity (Wildman–Crippen MR) is 109 cm³/mol. The number of amides is 1. The molecule has 0 spiro atoms. The fourth-order valence-electron chi connectivity index (χ4n) is 3.27. The van der Waals surface area contributed by atoms with Crippen molar-refractivity contribution in [3.8, 4) is 5.69 Å². The van der Waals surface area contributed by atoms with Crippen LogP contribution in [0.5, 0.6) is 0 Å². The summed E-state index contributed by atoms with van der Waals surface area (Å²) in [6.45, 7) is 1.81. The number of hydrogen-bond donors (Lipinski definition) is 1. The maximum absolute atomic E-state index is 14.0. The van der Waals surface area contributed by atoms with Gasteiger partial charge in [0.15, 0.2) is 0 Å². The fourth-order valence-corrected chi connectivity index (χ4v) is 3.27. The molecule has 0 fully saturated rings. The van der Waals surface area contributed by atoms with Crippen LogP contribution in [-0.2, 0) is 11.2 Å². The molecule has 28 heavy (non-hydrogen) atoms. The zero-order chi connectivity index (χ0) is 19.5. The Kier molecular flexibility index (Phi) is 4.89. The number of imidazole rings is 1. The van der Waals surface area contributed by atoms with E-state index in [4.69, 9.17) is 4.98 Å². The second-order valence-electron chi connectivity index (χ2n) is 6.72. The van der Waals surface area contributed by atoms with Crippen LogP contribution in [0.25, 0.3) is 16.7 Å². The number of carbonyl (C=O) groups excluding carboxylic acids is 1. The average Bonchev–Trinajstić information content (AvgIpc) is 3.07. The summed E-state index contributed by atoms with van der Waals surface area (Å²) in [6, 6.07) is 22.6. The van der Waals surface area contributed by atoms with Crippen molar-refractivity contribution in [2.75, 3.05) is 5.32 Å². The summed E-state index contributed by atoms with van der Waals surface area (Å²) in [4.78, 5) is 17.1. The van der Waals surface area contributed by atoms with E-state index in [0.29, 0.717) is 6.42 Å². The quantitative estimate of drug-likeness (QED) is 0.532. The van der Waals surface area contributed by atoms with Gasteiger partial charge in [0.05, 0.1) is 16.7 Å². The van der Waals surface area contributed by atoms with Gasteiger partial charge in [-0.25, -0.2) is 9.37 Å². The summed E-state index contributed by atoms with van der Waals surface area (Å²) in [5.74, 6) is 0.131. The van der Waals surface area contributed by atoms with E-state index >= 15 is 0 Å². The molecule has 0 bridgehead atoms. The molecule has 5 heteroatoms. The molecule has 0 aliphatic carbocycles. The molecule has 0 radical (unpaired) electrons. The van der Waals surface area contributed by atoms with Crippen molar-refractivity contribution >= 4 is 22.6 Å². The van der Waals surface area contributed by atoms with Gasteiger partial charge in [-0.2, -0.15) is 0 Å². The number of para-hydroxylation sites is 3. The molecule has 0 aliphatic heterocycles. The molecule has 1 N–H and O–H groups in total. The Bertz CT molecular complexity index is 1140. The zero-order valence-corrected chi connectivity index (χ0v) is 15.5. The third kappa shape index (κ3) is 3.64. The summed E-state index contributed by atoms with van der Waals surface area (Å²) < 4.78 is 16.0. The van der Waals surface area contributed by atoms with Crippen LogP contribution in [0.4, 0.5) is 10.1 Å². The van der Waals surface area contributed by atoms with Crippen LogP contribution in [0.3, 0.4) is 0 Å². The molecule has 0 saturated heterocycles. The highest BCUT2D eigenvalue weighted by atomic mass is 19.1. The minimum Gasteiger partial charge on any atom is -0.324 e. The number of fused-ring (bicyclic) bond motifs is 1. The van der Waals surface area contributed by atoms with Crippen LogP contribution in [-0.4, -0.2) is 15.5 Å². The molecule has 3 aromatic carbocycles. The molecule has 1 aromatic heterocycles. The van der Waals surface area contributed by atoms with Gasteiger partial charge in [0.2, 0.25) is 5.91 Å². The van der Waals surface area contributed by atoms with Crippen LogP contribution in [0.1, 0.15) is 17.8 Å². The highest BCUT2D eigenvalue weighted by Crippen LogP contribution is 2.22. The summed E-state index contributed by atoms with van der Waals surface area (Å²) >= 11 is 0. The van der Waals surface area contributed by atoms with Crippen LogP contribution in [0.15, 0.2) is 72.8 Å². The Labute approximate surface area is 162 Å². The first kappa shape index (κ1) is 17.9. The summed E-state index contributed by atoms with van der Waals surface area (Å²) in [7, 11) is 0. The lowest BCUT2D eigenvalue weighted by Gasteiger charge is -2.10. The second-order valence-corrected chi connectivity index (χ2v) is 6.72. The van der Waals surface area contributed by atoms with Gasteiger partial charge < -0.3 is 5.32 Å². The van der Waals surface area contributed by atoms with Crippen LogP contribution in [0.2, 0.25) is 0 Å². The lowest BCUT2D eigenvalue weighted by Crippen LogP contribution is -2.14. The highest BCUT2D eigenvalue weighted by molar-refractivity contribution is 5.91. The van der Waals surface area contributed by atoms with E-state index in [1.807, 2.05) is 61.5 Å². The van der Waals surface area contributed by atoms with E-state index in [1.54, 1.807) is 12.1 Å². The molecule has 4 aromatic rings. The van der Waals surface area contributed by atoms with Crippen molar-refractivity contribution in [3.63, 3.8) is 0 Å². The van der Waals surface area contributed by atoms with Crippen LogP contribution < -0.4 is 5.32 Å². The first-order valence-electron chi connectivity index (χ1n) is 9.19. The second kappa shape index (κ2) is 7.64. The number of carbonyl (C=O) groups is 1. The molecule has 1 amide bonds. The van der Waals surface area contributed by atoms with Gasteiger partial charge in [0, 0.05) is 18.5 Å². The normalized spacial score (nSPS) is 10.9. The highest BCUT2D eigenvalue weighted by Gasteiger charge is 2.14. The summed E-state index contributed by atoms with van der Waals surface area (Å²) in [5, 5.41) is 2.65. The Morgan fingerprint density at radius 1 is 1.04 bits per heavy atom. The van der Waals surface area contributed by atoms with Crippen molar-refractivity contribution in [3.05, 3.63) is 90.0 Å². The SMILES string of the molecule is Cc1ccc(NC(=O)CCc2nc3ccccc3n2-c2ccccc2)c(F)c1. The zero-order valence-electron chi connectivity index (χ0n) is 15.5. The fraction of sp³-hybridized carbons (Fsp3) is 0.130. The van der Waals surface area contributed by atoms with E-state index in [-0.39, 0.29) is 18.0 Å². The number of hydrogen-bond acceptors (Lipinski definition) is 2. The average molecular weight is 373 g/mol. The molecule has 4 rings (SSSR count). The van der Waals surface area contributed by atoms with E-state index in [9.17, 15) is 9.18 Å². The van der Waals surface area contributed by atoms with Gasteiger partial charge >= 0.3 is 0 Å². The topological polar surface area (TPSA) is 46.9 Å². The van der Waals surface area contributed by atoms with Gasteiger partial charge in [-0.05, 0) is 48.9 Å². The summed E-state index contributed by atoms with van der Waals surface area (Å²) in [6.07, 6.45) is 0.659. The molecule has 0 atom stereocenters. The van der Waals surface area contributed by atoms with Crippen molar-refractivity contribution in [2.24, 2.45) is 0 Å². The molecular weight excluding hydrogens is 353 g/mol. The Morgan fingerprint density at radius 3 is 2.57 bits per heavy atom. The molecule has 0 unspecified atom stereocenters. The monoisotopic (exact) mass is 373 g/mol. The van der Waals surface area contributed by atoms with Gasteiger partial charge in [-0.15, -0.1) is 0 Å². The Balaban J connectivity index is 1.57.